The van der Waals surface area contributed by atoms with Crippen molar-refractivity contribution in [2.75, 3.05) is 11.1 Å². The topological polar surface area (TPSA) is 69.0 Å². The number of benzene rings is 2. The molecule has 1 N–H and O–H groups in total. The number of halogens is 3. The average molecular weight is 481 g/mol. The third kappa shape index (κ3) is 6.00. The molecule has 1 amide bonds. The molecule has 0 radical (unpaired) electrons. The predicted molar refractivity (Wildman–Crippen MR) is 122 cm³/mol. The number of carbonyl (C=O) groups is 1. The minimum atomic E-state index is -0.520. The number of aromatic nitrogens is 3. The Morgan fingerprint density at radius 2 is 2.10 bits per heavy atom. The molecule has 0 fully saturated rings. The third-order valence-electron chi connectivity index (χ3n) is 4.24. The number of carbonyl (C=O) groups excluding carboxylic acids is 1. The fourth-order valence-electron chi connectivity index (χ4n) is 2.62. The van der Waals surface area contributed by atoms with Gasteiger partial charge in [-0.3, -0.25) is 9.36 Å². The zero-order chi connectivity index (χ0) is 22.4. The maximum absolute atomic E-state index is 13.3. The zero-order valence-corrected chi connectivity index (χ0v) is 18.9. The Morgan fingerprint density at radius 1 is 1.29 bits per heavy atom. The van der Waals surface area contributed by atoms with E-state index in [1.54, 1.807) is 28.8 Å². The first-order valence-corrected chi connectivity index (χ1v) is 10.9. The molecule has 0 aliphatic heterocycles. The lowest BCUT2D eigenvalue weighted by Gasteiger charge is -2.11. The molecule has 0 unspecified atom stereocenters. The van der Waals surface area contributed by atoms with Gasteiger partial charge in [0.2, 0.25) is 5.91 Å². The monoisotopic (exact) mass is 480 g/mol. The Bertz CT molecular complexity index is 1110. The van der Waals surface area contributed by atoms with E-state index in [1.807, 2.05) is 6.92 Å². The van der Waals surface area contributed by atoms with E-state index in [9.17, 15) is 9.18 Å². The lowest BCUT2D eigenvalue weighted by molar-refractivity contribution is -0.113. The van der Waals surface area contributed by atoms with E-state index in [0.717, 1.165) is 5.56 Å². The van der Waals surface area contributed by atoms with Gasteiger partial charge in [0.15, 0.2) is 11.0 Å². The Morgan fingerprint density at radius 3 is 2.84 bits per heavy atom. The molecular weight excluding hydrogens is 462 g/mol. The molecule has 0 aliphatic rings. The number of rotatable bonds is 9. The van der Waals surface area contributed by atoms with Crippen LogP contribution in [0.5, 0.6) is 5.75 Å². The highest BCUT2D eigenvalue weighted by atomic mass is 35.5. The maximum Gasteiger partial charge on any atom is 0.234 e. The number of amides is 1. The van der Waals surface area contributed by atoms with Crippen molar-refractivity contribution >= 4 is 46.6 Å². The zero-order valence-electron chi connectivity index (χ0n) is 16.6. The summed E-state index contributed by atoms with van der Waals surface area (Å²) in [6.45, 7) is 6.12. The molecule has 1 heterocycles. The van der Waals surface area contributed by atoms with Crippen LogP contribution in [0, 0.1) is 12.7 Å². The molecule has 10 heteroatoms. The fraction of sp³-hybridized carbons (Fsp3) is 0.190. The molecule has 0 saturated carbocycles. The molecule has 2 aromatic carbocycles. The van der Waals surface area contributed by atoms with Crippen LogP contribution in [-0.4, -0.2) is 26.4 Å². The van der Waals surface area contributed by atoms with Crippen LogP contribution in [-0.2, 0) is 17.9 Å². The number of hydrogen-bond donors (Lipinski definition) is 1. The van der Waals surface area contributed by atoms with E-state index in [4.69, 9.17) is 27.9 Å². The predicted octanol–water partition coefficient (Wildman–Crippen LogP) is 5.53. The van der Waals surface area contributed by atoms with Gasteiger partial charge >= 0.3 is 0 Å². The standard InChI is InChI=1S/C21H19Cl2FN4O2S/c1-3-9-28-19(11-30-14-7-8-17(24)16(23)10-14)26-27-21(28)31-12-20(29)25-18-6-4-5-15(22)13(18)2/h3-8,10H,1,9,11-12H2,2H3,(H,25,29). The molecule has 3 aromatic rings. The number of ether oxygens (including phenoxy) is 1. The molecule has 0 saturated heterocycles. The van der Waals surface area contributed by atoms with Crippen molar-refractivity contribution in [1.29, 1.82) is 0 Å². The van der Waals surface area contributed by atoms with Gasteiger partial charge in [-0.2, -0.15) is 0 Å². The molecule has 0 bridgehead atoms. The van der Waals surface area contributed by atoms with E-state index in [1.165, 1.54) is 30.0 Å². The van der Waals surface area contributed by atoms with Crippen molar-refractivity contribution in [3.8, 4) is 5.75 Å². The summed E-state index contributed by atoms with van der Waals surface area (Å²) in [6.07, 6.45) is 1.70. The summed E-state index contributed by atoms with van der Waals surface area (Å²) >= 11 is 13.1. The number of nitrogens with one attached hydrogen (secondary N) is 1. The van der Waals surface area contributed by atoms with E-state index in [2.05, 4.69) is 22.1 Å². The maximum atomic E-state index is 13.3. The Hall–Kier alpha value is -2.55. The van der Waals surface area contributed by atoms with Crippen molar-refractivity contribution in [1.82, 2.24) is 14.8 Å². The fourth-order valence-corrected chi connectivity index (χ4v) is 3.73. The summed E-state index contributed by atoms with van der Waals surface area (Å²) in [5, 5.41) is 12.2. The van der Waals surface area contributed by atoms with Gasteiger partial charge in [-0.05, 0) is 36.8 Å². The summed E-state index contributed by atoms with van der Waals surface area (Å²) < 4.78 is 20.7. The first kappa shape index (κ1) is 23.1. The number of allylic oxidation sites excluding steroid dienone is 1. The number of nitrogens with zero attached hydrogens (tertiary/aromatic N) is 3. The van der Waals surface area contributed by atoms with Crippen molar-refractivity contribution < 1.29 is 13.9 Å². The molecule has 31 heavy (non-hydrogen) atoms. The lowest BCUT2D eigenvalue weighted by atomic mass is 10.2. The summed E-state index contributed by atoms with van der Waals surface area (Å²) in [5.74, 6) is 0.366. The highest BCUT2D eigenvalue weighted by Crippen LogP contribution is 2.25. The third-order valence-corrected chi connectivity index (χ3v) is 5.90. The van der Waals surface area contributed by atoms with Crippen LogP contribution in [0.15, 0.2) is 54.2 Å². The largest absolute Gasteiger partial charge is 0.486 e. The van der Waals surface area contributed by atoms with Crippen LogP contribution in [0.25, 0.3) is 0 Å². The molecule has 3 rings (SSSR count). The molecule has 6 nitrogen and oxygen atoms in total. The number of thioether (sulfide) groups is 1. The second-order valence-corrected chi connectivity index (χ2v) is 8.17. The molecule has 1 aromatic heterocycles. The minimum absolute atomic E-state index is 0.0257. The second-order valence-electron chi connectivity index (χ2n) is 6.41. The van der Waals surface area contributed by atoms with Crippen LogP contribution in [0.2, 0.25) is 10.0 Å². The van der Waals surface area contributed by atoms with Crippen LogP contribution in [0.1, 0.15) is 11.4 Å². The number of hydrogen-bond acceptors (Lipinski definition) is 5. The van der Waals surface area contributed by atoms with E-state index >= 15 is 0 Å². The van der Waals surface area contributed by atoms with Crippen molar-refractivity contribution in [3.05, 3.63) is 76.3 Å². The van der Waals surface area contributed by atoms with E-state index in [0.29, 0.717) is 34.0 Å². The molecular formula is C21H19Cl2FN4O2S. The average Bonchev–Trinajstić information content (AvgIpc) is 3.13. The van der Waals surface area contributed by atoms with E-state index in [-0.39, 0.29) is 23.3 Å². The summed E-state index contributed by atoms with van der Waals surface area (Å²) in [6, 6.07) is 9.44. The van der Waals surface area contributed by atoms with Gasteiger partial charge in [0.05, 0.1) is 10.8 Å². The summed E-state index contributed by atoms with van der Waals surface area (Å²) in [5.41, 5.74) is 1.47. The van der Waals surface area contributed by atoms with Gasteiger partial charge in [0.25, 0.3) is 0 Å². The normalized spacial score (nSPS) is 10.7. The first-order chi connectivity index (χ1) is 14.9. The van der Waals surface area contributed by atoms with Crippen LogP contribution < -0.4 is 10.1 Å². The van der Waals surface area contributed by atoms with Crippen LogP contribution in [0.3, 0.4) is 0 Å². The minimum Gasteiger partial charge on any atom is -0.486 e. The Kier molecular flexibility index (Phi) is 7.95. The van der Waals surface area contributed by atoms with Crippen LogP contribution in [0.4, 0.5) is 10.1 Å². The van der Waals surface area contributed by atoms with Crippen molar-refractivity contribution in [3.63, 3.8) is 0 Å². The Balaban J connectivity index is 1.64. The van der Waals surface area contributed by atoms with Gasteiger partial charge in [0.1, 0.15) is 18.2 Å². The summed E-state index contributed by atoms with van der Waals surface area (Å²) in [7, 11) is 0. The van der Waals surface area contributed by atoms with Crippen molar-refractivity contribution in [2.45, 2.75) is 25.2 Å². The van der Waals surface area contributed by atoms with Crippen molar-refractivity contribution in [2.24, 2.45) is 0 Å². The van der Waals surface area contributed by atoms with Crippen LogP contribution >= 0.6 is 35.0 Å². The quantitative estimate of drug-likeness (QED) is 0.322. The molecule has 162 valence electrons. The van der Waals surface area contributed by atoms with Gasteiger partial charge in [-0.25, -0.2) is 4.39 Å². The SMILES string of the molecule is C=CCn1c(COc2ccc(F)c(Cl)c2)nnc1SCC(=O)Nc1cccc(Cl)c1C. The molecule has 0 atom stereocenters. The Labute approximate surface area is 193 Å². The second kappa shape index (κ2) is 10.7. The molecule has 0 spiro atoms. The van der Waals surface area contributed by atoms with Gasteiger partial charge in [0, 0.05) is 23.3 Å². The van der Waals surface area contributed by atoms with Gasteiger partial charge in [-0.1, -0.05) is 47.1 Å². The van der Waals surface area contributed by atoms with E-state index < -0.39 is 5.82 Å². The first-order valence-electron chi connectivity index (χ1n) is 9.17. The summed E-state index contributed by atoms with van der Waals surface area (Å²) in [4.78, 5) is 12.4. The number of anilines is 1. The smallest absolute Gasteiger partial charge is 0.234 e. The molecule has 0 aliphatic carbocycles. The van der Waals surface area contributed by atoms with Gasteiger partial charge in [-0.15, -0.1) is 16.8 Å². The highest BCUT2D eigenvalue weighted by Gasteiger charge is 2.15. The highest BCUT2D eigenvalue weighted by molar-refractivity contribution is 7.99. The van der Waals surface area contributed by atoms with Gasteiger partial charge < -0.3 is 10.1 Å². The lowest BCUT2D eigenvalue weighted by Crippen LogP contribution is -2.15.